The van der Waals surface area contributed by atoms with E-state index in [1.54, 1.807) is 0 Å². The molecule has 0 atom stereocenters. The predicted molar refractivity (Wildman–Crippen MR) is 107 cm³/mol. The summed E-state index contributed by atoms with van der Waals surface area (Å²) in [4.78, 5) is 0. The first-order valence-corrected chi connectivity index (χ1v) is 10.8. The van der Waals surface area contributed by atoms with E-state index in [9.17, 15) is 0 Å². The molecule has 4 rings (SSSR count). The Morgan fingerprint density at radius 2 is 1.39 bits per heavy atom. The van der Waals surface area contributed by atoms with Gasteiger partial charge >= 0.3 is 0 Å². The maximum absolute atomic E-state index is 5.87. The van der Waals surface area contributed by atoms with E-state index in [4.69, 9.17) is 4.12 Å². The second-order valence-corrected chi connectivity index (χ2v) is 9.72. The highest BCUT2D eigenvalue weighted by molar-refractivity contribution is 6.73. The molecule has 0 unspecified atom stereocenters. The largest absolute Gasteiger partial charge is 0.453 e. The monoisotopic (exact) mass is 332 g/mol. The minimum absolute atomic E-state index is 0.575. The molecule has 2 aliphatic rings. The summed E-state index contributed by atoms with van der Waals surface area (Å²) in [5.74, 6) is 0. The molecule has 3 heteroatoms. The highest BCUT2D eigenvalue weighted by atomic mass is 28.3. The van der Waals surface area contributed by atoms with Crippen LogP contribution in [0.2, 0.25) is 0 Å². The Bertz CT molecular complexity index is 757. The molecule has 0 N–H and O–H groups in total. The zero-order valence-electron chi connectivity index (χ0n) is 13.1. The molecule has 2 aromatic rings. The molecule has 0 heterocycles. The van der Waals surface area contributed by atoms with Gasteiger partial charge in [-0.05, 0) is 27.5 Å². The van der Waals surface area contributed by atoms with Crippen molar-refractivity contribution in [3.8, 4) is 0 Å². The molecule has 1 nitrogen and oxygen atoms in total. The summed E-state index contributed by atoms with van der Waals surface area (Å²) in [7, 11) is -1.87. The van der Waals surface area contributed by atoms with Crippen LogP contribution in [0.1, 0.15) is 22.3 Å². The molecule has 2 aliphatic carbocycles. The summed E-state index contributed by atoms with van der Waals surface area (Å²) in [6, 6.07) is 16.8. The molecule has 23 heavy (non-hydrogen) atoms. The SMILES string of the molecule is C1=Cc2ccccc21.C=C[SiH](C=C)O[SiH2]C1=Cc2ccccc21. The minimum atomic E-state index is -1.29. The molecular weight excluding hydrogens is 312 g/mol. The quantitative estimate of drug-likeness (QED) is 0.643. The lowest BCUT2D eigenvalue weighted by molar-refractivity contribution is 0.647. The van der Waals surface area contributed by atoms with E-state index in [0.29, 0.717) is 0 Å². The van der Waals surface area contributed by atoms with Crippen LogP contribution in [0.4, 0.5) is 0 Å². The predicted octanol–water partition coefficient (Wildman–Crippen LogP) is 3.94. The Balaban J connectivity index is 0.000000162. The lowest BCUT2D eigenvalue weighted by atomic mass is 9.98. The zero-order chi connectivity index (χ0) is 16.1. The van der Waals surface area contributed by atoms with Crippen LogP contribution >= 0.6 is 0 Å². The van der Waals surface area contributed by atoms with Gasteiger partial charge in [-0.25, -0.2) is 0 Å². The van der Waals surface area contributed by atoms with Gasteiger partial charge in [0, 0.05) is 0 Å². The summed E-state index contributed by atoms with van der Waals surface area (Å²) in [6.45, 7) is 7.53. The van der Waals surface area contributed by atoms with Crippen molar-refractivity contribution in [1.29, 1.82) is 0 Å². The topological polar surface area (TPSA) is 9.23 Å². The Labute approximate surface area is 142 Å². The molecule has 0 amide bonds. The molecule has 0 radical (unpaired) electrons. The van der Waals surface area contributed by atoms with Gasteiger partial charge in [0.05, 0.1) is 0 Å². The van der Waals surface area contributed by atoms with Crippen LogP contribution in [-0.2, 0) is 4.12 Å². The van der Waals surface area contributed by atoms with Crippen LogP contribution in [0, 0.1) is 0 Å². The van der Waals surface area contributed by atoms with Crippen molar-refractivity contribution >= 4 is 42.2 Å². The molecule has 0 saturated heterocycles. The van der Waals surface area contributed by atoms with Crippen molar-refractivity contribution in [3.63, 3.8) is 0 Å². The molecular formula is C20H20OSi2. The Kier molecular flexibility index (Phi) is 5.03. The third-order valence-corrected chi connectivity index (χ3v) is 8.00. The molecule has 2 aromatic carbocycles. The first-order valence-electron chi connectivity index (χ1n) is 7.75. The fraction of sp³-hybridized carbons (Fsp3) is 0. The Hall–Kier alpha value is -2.21. The van der Waals surface area contributed by atoms with Crippen molar-refractivity contribution in [1.82, 2.24) is 0 Å². The molecule has 0 fully saturated rings. The molecule has 0 aliphatic heterocycles. The number of rotatable bonds is 5. The second-order valence-electron chi connectivity index (χ2n) is 5.47. The van der Waals surface area contributed by atoms with Crippen molar-refractivity contribution in [3.05, 3.63) is 95.3 Å². The third-order valence-electron chi connectivity index (χ3n) is 3.97. The van der Waals surface area contributed by atoms with Gasteiger partial charge in [-0.3, -0.25) is 0 Å². The van der Waals surface area contributed by atoms with Gasteiger partial charge in [0.2, 0.25) is 9.04 Å². The Morgan fingerprint density at radius 3 is 1.87 bits per heavy atom. The zero-order valence-corrected chi connectivity index (χ0v) is 15.7. The summed E-state index contributed by atoms with van der Waals surface area (Å²) >= 11 is 0. The third kappa shape index (κ3) is 3.59. The van der Waals surface area contributed by atoms with Gasteiger partial charge in [-0.15, -0.1) is 13.2 Å². The summed E-state index contributed by atoms with van der Waals surface area (Å²) in [5, 5.41) is 1.42. The summed E-state index contributed by atoms with van der Waals surface area (Å²) in [6.07, 6.45) is 6.48. The first kappa shape index (κ1) is 15.7. The van der Waals surface area contributed by atoms with Crippen LogP contribution in [0.15, 0.2) is 73.1 Å². The minimum Gasteiger partial charge on any atom is -0.453 e. The smallest absolute Gasteiger partial charge is 0.212 e. The van der Waals surface area contributed by atoms with Gasteiger partial charge in [0.15, 0.2) is 9.76 Å². The van der Waals surface area contributed by atoms with E-state index in [1.807, 2.05) is 11.4 Å². The number of fused-ring (bicyclic) bond motifs is 2. The first-order chi connectivity index (χ1) is 11.3. The highest BCUT2D eigenvalue weighted by Gasteiger charge is 2.16. The molecule has 0 bridgehead atoms. The maximum atomic E-state index is 5.87. The van der Waals surface area contributed by atoms with E-state index < -0.39 is 18.8 Å². The second kappa shape index (κ2) is 7.37. The lowest BCUT2D eigenvalue weighted by Crippen LogP contribution is -2.18. The van der Waals surface area contributed by atoms with Gasteiger partial charge in [-0.2, -0.15) is 0 Å². The number of benzene rings is 2. The number of hydrogen-bond acceptors (Lipinski definition) is 1. The lowest BCUT2D eigenvalue weighted by Gasteiger charge is -2.20. The van der Waals surface area contributed by atoms with Crippen molar-refractivity contribution < 1.29 is 4.12 Å². The molecule has 0 aromatic heterocycles. The molecule has 0 spiro atoms. The van der Waals surface area contributed by atoms with Crippen LogP contribution < -0.4 is 0 Å². The average molecular weight is 333 g/mol. The fourth-order valence-electron chi connectivity index (χ4n) is 2.54. The van der Waals surface area contributed by atoms with Crippen molar-refractivity contribution in [2.75, 3.05) is 0 Å². The van der Waals surface area contributed by atoms with Gasteiger partial charge in [0.25, 0.3) is 0 Å². The standard InChI is InChI=1S/C12H14OSi2.C8H6/c1-3-15(4-2)13-14-12-9-10-7-5-6-8-11(10)12;1-2-4-8-6-5-7(8)3-1/h3-9,15H,1-2,14H2;1-6H. The van der Waals surface area contributed by atoms with Crippen LogP contribution in [0.3, 0.4) is 0 Å². The van der Waals surface area contributed by atoms with E-state index in [-0.39, 0.29) is 0 Å². The van der Waals surface area contributed by atoms with E-state index >= 15 is 0 Å². The molecule has 114 valence electrons. The average Bonchev–Trinajstić information content (AvgIpc) is 2.54. The van der Waals surface area contributed by atoms with E-state index in [0.717, 1.165) is 0 Å². The van der Waals surface area contributed by atoms with E-state index in [1.165, 1.54) is 27.5 Å². The maximum Gasteiger partial charge on any atom is 0.212 e. The van der Waals surface area contributed by atoms with Crippen molar-refractivity contribution in [2.24, 2.45) is 0 Å². The summed E-state index contributed by atoms with van der Waals surface area (Å²) in [5.41, 5.74) is 9.31. The van der Waals surface area contributed by atoms with Gasteiger partial charge in [0.1, 0.15) is 0 Å². The van der Waals surface area contributed by atoms with Crippen LogP contribution in [-0.4, -0.2) is 18.8 Å². The van der Waals surface area contributed by atoms with Crippen LogP contribution in [0.5, 0.6) is 0 Å². The molecule has 0 saturated carbocycles. The highest BCUT2D eigenvalue weighted by Crippen LogP contribution is 2.31. The fourth-order valence-corrected chi connectivity index (χ4v) is 6.09. The van der Waals surface area contributed by atoms with Crippen LogP contribution in [0.25, 0.3) is 23.4 Å². The van der Waals surface area contributed by atoms with E-state index in [2.05, 4.69) is 79.9 Å². The normalized spacial score (nSPS) is 13.2. The van der Waals surface area contributed by atoms with Gasteiger partial charge in [-0.1, -0.05) is 78.2 Å². The Morgan fingerprint density at radius 1 is 0.826 bits per heavy atom. The summed E-state index contributed by atoms with van der Waals surface area (Å²) < 4.78 is 5.87. The van der Waals surface area contributed by atoms with Gasteiger partial charge < -0.3 is 4.12 Å². The number of hydrogen-bond donors (Lipinski definition) is 0. The van der Waals surface area contributed by atoms with Crippen molar-refractivity contribution in [2.45, 2.75) is 0 Å².